The zero-order chi connectivity index (χ0) is 13.2. The summed E-state index contributed by atoms with van der Waals surface area (Å²) in [4.78, 5) is 36.1. The van der Waals surface area contributed by atoms with Gasteiger partial charge in [-0.2, -0.15) is 0 Å². The fourth-order valence-corrected chi connectivity index (χ4v) is 3.48. The topological polar surface area (TPSA) is 87.3 Å². The van der Waals surface area contributed by atoms with Crippen LogP contribution in [-0.2, 0) is 19.9 Å². The summed E-state index contributed by atoms with van der Waals surface area (Å²) in [5, 5.41) is 8.22. The number of para-hydroxylation sites is 1. The Kier molecular flexibility index (Phi) is 1.81. The van der Waals surface area contributed by atoms with Crippen molar-refractivity contribution in [2.24, 2.45) is 11.8 Å². The van der Waals surface area contributed by atoms with E-state index in [0.29, 0.717) is 12.2 Å². The third kappa shape index (κ3) is 1.08. The van der Waals surface area contributed by atoms with Crippen LogP contribution in [-0.4, -0.2) is 24.3 Å². The Hall–Kier alpha value is -2.21. The van der Waals surface area contributed by atoms with Gasteiger partial charge >= 0.3 is 0 Å². The zero-order valence-corrected chi connectivity index (χ0v) is 9.90. The van der Waals surface area contributed by atoms with Crippen molar-refractivity contribution in [1.82, 2.24) is 10.6 Å². The van der Waals surface area contributed by atoms with Gasteiger partial charge < -0.3 is 5.32 Å². The third-order valence-corrected chi connectivity index (χ3v) is 4.29. The number of carbonyl (C=O) groups is 3. The molecule has 3 N–H and O–H groups in total. The van der Waals surface area contributed by atoms with Crippen molar-refractivity contribution >= 4 is 23.4 Å². The van der Waals surface area contributed by atoms with Gasteiger partial charge in [-0.3, -0.25) is 25.0 Å². The van der Waals surface area contributed by atoms with E-state index in [-0.39, 0.29) is 17.7 Å². The highest BCUT2D eigenvalue weighted by Gasteiger charge is 2.65. The summed E-state index contributed by atoms with van der Waals surface area (Å²) < 4.78 is 0. The average Bonchev–Trinajstić information content (AvgIpc) is 3.00. The Morgan fingerprint density at radius 1 is 1.05 bits per heavy atom. The number of imide groups is 1. The number of hydrogen-bond donors (Lipinski definition) is 3. The predicted octanol–water partition coefficient (Wildman–Crippen LogP) is -0.674. The monoisotopic (exact) mass is 257 g/mol. The summed E-state index contributed by atoms with van der Waals surface area (Å²) in [6, 6.07) is 7.26. The summed E-state index contributed by atoms with van der Waals surface area (Å²) in [7, 11) is 0. The highest BCUT2D eigenvalue weighted by Crippen LogP contribution is 2.48. The van der Waals surface area contributed by atoms with Crippen LogP contribution >= 0.6 is 0 Å². The van der Waals surface area contributed by atoms with Gasteiger partial charge in [-0.25, -0.2) is 0 Å². The molecule has 2 fully saturated rings. The van der Waals surface area contributed by atoms with Crippen LogP contribution in [0.15, 0.2) is 24.3 Å². The summed E-state index contributed by atoms with van der Waals surface area (Å²) in [6.07, 6.45) is 0. The molecule has 0 radical (unpaired) electrons. The second kappa shape index (κ2) is 3.21. The molecule has 1 aromatic rings. The molecule has 0 bridgehead atoms. The highest BCUT2D eigenvalue weighted by molar-refractivity contribution is 6.14. The molecule has 1 aromatic carbocycles. The van der Waals surface area contributed by atoms with Gasteiger partial charge in [0.1, 0.15) is 5.54 Å². The maximum Gasteiger partial charge on any atom is 0.250 e. The summed E-state index contributed by atoms with van der Waals surface area (Å²) >= 11 is 0. The van der Waals surface area contributed by atoms with Crippen molar-refractivity contribution in [3.63, 3.8) is 0 Å². The van der Waals surface area contributed by atoms with E-state index in [1.165, 1.54) is 0 Å². The van der Waals surface area contributed by atoms with Gasteiger partial charge in [0.15, 0.2) is 0 Å². The lowest BCUT2D eigenvalue weighted by Gasteiger charge is -2.26. The molecule has 3 amide bonds. The van der Waals surface area contributed by atoms with Gasteiger partial charge in [0.25, 0.3) is 0 Å². The SMILES string of the molecule is O=C1NC(=O)C2C1CNC21C(=O)Nc2ccccc21. The predicted molar refractivity (Wildman–Crippen MR) is 64.9 cm³/mol. The maximum atomic E-state index is 12.4. The minimum absolute atomic E-state index is 0.258. The normalized spacial score (nSPS) is 35.3. The minimum Gasteiger partial charge on any atom is -0.324 e. The third-order valence-electron chi connectivity index (χ3n) is 4.29. The van der Waals surface area contributed by atoms with Gasteiger partial charge in [-0.1, -0.05) is 18.2 Å². The molecule has 19 heavy (non-hydrogen) atoms. The molecule has 96 valence electrons. The lowest BCUT2D eigenvalue weighted by molar-refractivity contribution is -0.132. The highest BCUT2D eigenvalue weighted by atomic mass is 16.2. The lowest BCUT2D eigenvalue weighted by atomic mass is 9.77. The van der Waals surface area contributed by atoms with Gasteiger partial charge in [0, 0.05) is 17.8 Å². The minimum atomic E-state index is -1.10. The van der Waals surface area contributed by atoms with Crippen LogP contribution in [0.3, 0.4) is 0 Å². The van der Waals surface area contributed by atoms with Crippen molar-refractivity contribution in [3.05, 3.63) is 29.8 Å². The van der Waals surface area contributed by atoms with E-state index in [1.54, 1.807) is 6.07 Å². The first kappa shape index (κ1) is 10.7. The Morgan fingerprint density at radius 2 is 1.84 bits per heavy atom. The number of carbonyl (C=O) groups excluding carboxylic acids is 3. The molecule has 0 aromatic heterocycles. The molecule has 4 rings (SSSR count). The molecular weight excluding hydrogens is 246 g/mol. The van der Waals surface area contributed by atoms with Crippen molar-refractivity contribution in [2.45, 2.75) is 5.54 Å². The van der Waals surface area contributed by atoms with Crippen LogP contribution in [0.5, 0.6) is 0 Å². The molecule has 2 saturated heterocycles. The van der Waals surface area contributed by atoms with Crippen LogP contribution < -0.4 is 16.0 Å². The molecule has 6 nitrogen and oxygen atoms in total. The van der Waals surface area contributed by atoms with E-state index in [0.717, 1.165) is 5.56 Å². The fraction of sp³-hybridized carbons (Fsp3) is 0.308. The van der Waals surface area contributed by atoms with Crippen LogP contribution in [0, 0.1) is 11.8 Å². The second-order valence-electron chi connectivity index (χ2n) is 5.13. The largest absolute Gasteiger partial charge is 0.324 e. The van der Waals surface area contributed by atoms with Crippen LogP contribution in [0.4, 0.5) is 5.69 Å². The van der Waals surface area contributed by atoms with Gasteiger partial charge in [0.2, 0.25) is 17.7 Å². The molecular formula is C13H11N3O3. The number of amides is 3. The number of nitrogens with one attached hydrogen (secondary N) is 3. The Morgan fingerprint density at radius 3 is 2.68 bits per heavy atom. The van der Waals surface area contributed by atoms with Crippen LogP contribution in [0.25, 0.3) is 0 Å². The number of fused-ring (bicyclic) bond motifs is 4. The van der Waals surface area contributed by atoms with Gasteiger partial charge in [-0.05, 0) is 6.07 Å². The molecule has 3 atom stereocenters. The molecule has 1 spiro atoms. The van der Waals surface area contributed by atoms with Crippen LogP contribution in [0.2, 0.25) is 0 Å². The lowest BCUT2D eigenvalue weighted by Crippen LogP contribution is -2.51. The van der Waals surface area contributed by atoms with Crippen molar-refractivity contribution < 1.29 is 14.4 Å². The number of benzene rings is 1. The maximum absolute atomic E-state index is 12.4. The molecule has 3 aliphatic heterocycles. The summed E-state index contributed by atoms with van der Waals surface area (Å²) in [6.45, 7) is 0.337. The number of anilines is 1. The van der Waals surface area contributed by atoms with Gasteiger partial charge in [0.05, 0.1) is 11.8 Å². The quantitative estimate of drug-likeness (QED) is 0.538. The van der Waals surface area contributed by atoms with E-state index in [4.69, 9.17) is 0 Å². The number of hydrogen-bond acceptors (Lipinski definition) is 4. The van der Waals surface area contributed by atoms with Crippen molar-refractivity contribution in [1.29, 1.82) is 0 Å². The van der Waals surface area contributed by atoms with Crippen LogP contribution in [0.1, 0.15) is 5.56 Å². The van der Waals surface area contributed by atoms with Crippen molar-refractivity contribution in [2.75, 3.05) is 11.9 Å². The summed E-state index contributed by atoms with van der Waals surface area (Å²) in [5.74, 6) is -2.05. The first-order chi connectivity index (χ1) is 9.14. The van der Waals surface area contributed by atoms with E-state index < -0.39 is 17.4 Å². The van der Waals surface area contributed by atoms with Gasteiger partial charge in [-0.15, -0.1) is 0 Å². The second-order valence-corrected chi connectivity index (χ2v) is 5.13. The van der Waals surface area contributed by atoms with E-state index in [1.807, 2.05) is 18.2 Å². The molecule has 6 heteroatoms. The molecule has 3 aliphatic rings. The number of rotatable bonds is 0. The molecule has 3 heterocycles. The fourth-order valence-electron chi connectivity index (χ4n) is 3.48. The standard InChI is InChI=1S/C13H11N3O3/c17-10-6-5-14-13(9(6)11(18)16-10)7-3-1-2-4-8(7)15-12(13)19/h1-4,6,9,14H,5H2,(H,15,19)(H,16,17,18). The molecule has 3 unspecified atom stereocenters. The summed E-state index contributed by atoms with van der Waals surface area (Å²) in [5.41, 5.74) is 0.350. The first-order valence-electron chi connectivity index (χ1n) is 6.15. The Bertz CT molecular complexity index is 642. The Balaban J connectivity index is 1.94. The van der Waals surface area contributed by atoms with Crippen molar-refractivity contribution in [3.8, 4) is 0 Å². The van der Waals surface area contributed by atoms with E-state index in [9.17, 15) is 14.4 Å². The molecule has 0 aliphatic carbocycles. The average molecular weight is 257 g/mol. The smallest absolute Gasteiger partial charge is 0.250 e. The van der Waals surface area contributed by atoms with E-state index >= 15 is 0 Å². The van der Waals surface area contributed by atoms with E-state index in [2.05, 4.69) is 16.0 Å². The Labute approximate surface area is 108 Å². The molecule has 0 saturated carbocycles. The first-order valence-corrected chi connectivity index (χ1v) is 6.15. The zero-order valence-electron chi connectivity index (χ0n) is 9.90.